The van der Waals surface area contributed by atoms with Crippen LogP contribution in [-0.4, -0.2) is 22.9 Å². The number of anilines is 1. The summed E-state index contributed by atoms with van der Waals surface area (Å²) >= 11 is 0. The molecule has 0 aliphatic heterocycles. The Kier molecular flexibility index (Phi) is 2.36. The predicted octanol–water partition coefficient (Wildman–Crippen LogP) is -0.181. The highest BCUT2D eigenvalue weighted by Crippen LogP contribution is 2.25. The van der Waals surface area contributed by atoms with Crippen molar-refractivity contribution in [3.05, 3.63) is 22.4 Å². The van der Waals surface area contributed by atoms with Gasteiger partial charge in [-0.3, -0.25) is 4.55 Å². The first-order chi connectivity index (χ1) is 6.34. The highest BCUT2D eigenvalue weighted by molar-refractivity contribution is 7.86. The molecular formula is C5H5N3O5S. The van der Waals surface area contributed by atoms with Gasteiger partial charge in [0.2, 0.25) is 0 Å². The lowest BCUT2D eigenvalue weighted by Gasteiger charge is -2.00. The molecule has 1 rings (SSSR count). The molecular weight excluding hydrogens is 214 g/mol. The van der Waals surface area contributed by atoms with Crippen LogP contribution in [0, 0.1) is 10.1 Å². The first-order valence-corrected chi connectivity index (χ1v) is 4.64. The maximum absolute atomic E-state index is 10.7. The zero-order valence-electron chi connectivity index (χ0n) is 6.61. The SMILES string of the molecule is Nc1c(S(=O)(=O)O)ccnc1[N+](=O)[O-]. The second-order valence-corrected chi connectivity index (χ2v) is 3.67. The van der Waals surface area contributed by atoms with Crippen LogP contribution < -0.4 is 5.73 Å². The molecule has 0 bridgehead atoms. The van der Waals surface area contributed by atoms with E-state index in [1.165, 1.54) is 0 Å². The van der Waals surface area contributed by atoms with E-state index in [9.17, 15) is 18.5 Å². The lowest BCUT2D eigenvalue weighted by molar-refractivity contribution is -0.388. The molecule has 1 aromatic rings. The minimum Gasteiger partial charge on any atom is -0.391 e. The van der Waals surface area contributed by atoms with Gasteiger partial charge in [-0.2, -0.15) is 8.42 Å². The fourth-order valence-corrected chi connectivity index (χ4v) is 1.42. The van der Waals surface area contributed by atoms with Crippen LogP contribution in [0.4, 0.5) is 11.5 Å². The van der Waals surface area contributed by atoms with Crippen molar-refractivity contribution in [2.45, 2.75) is 4.90 Å². The van der Waals surface area contributed by atoms with Crippen LogP contribution in [-0.2, 0) is 10.1 Å². The van der Waals surface area contributed by atoms with Gasteiger partial charge in [-0.15, -0.1) is 0 Å². The van der Waals surface area contributed by atoms with E-state index in [4.69, 9.17) is 10.3 Å². The van der Waals surface area contributed by atoms with Gasteiger partial charge < -0.3 is 15.8 Å². The molecule has 1 aromatic heterocycles. The lowest BCUT2D eigenvalue weighted by atomic mass is 10.4. The quantitative estimate of drug-likeness (QED) is 0.399. The number of hydrogen-bond donors (Lipinski definition) is 2. The second kappa shape index (κ2) is 3.20. The van der Waals surface area contributed by atoms with Gasteiger partial charge >= 0.3 is 5.82 Å². The summed E-state index contributed by atoms with van der Waals surface area (Å²) in [7, 11) is -4.56. The van der Waals surface area contributed by atoms with Gasteiger partial charge in [0.25, 0.3) is 10.1 Å². The van der Waals surface area contributed by atoms with Gasteiger partial charge in [0.15, 0.2) is 5.69 Å². The molecule has 76 valence electrons. The first kappa shape index (κ1) is 10.3. The molecule has 0 aliphatic carbocycles. The molecule has 0 fully saturated rings. The van der Waals surface area contributed by atoms with E-state index in [1.54, 1.807) is 0 Å². The van der Waals surface area contributed by atoms with Gasteiger partial charge in [-0.25, -0.2) is 0 Å². The Bertz CT molecular complexity index is 482. The summed E-state index contributed by atoms with van der Waals surface area (Å²) in [4.78, 5) is 11.9. The molecule has 0 radical (unpaired) electrons. The second-order valence-electron chi connectivity index (χ2n) is 2.28. The topological polar surface area (TPSA) is 136 Å². The molecule has 8 nitrogen and oxygen atoms in total. The standard InChI is InChI=1S/C5H5N3O5S/c6-4-3(14(11,12)13)1-2-7-5(4)8(9)10/h1-2H,6H2,(H,11,12,13). The number of pyridine rings is 1. The molecule has 0 spiro atoms. The van der Waals surface area contributed by atoms with E-state index in [2.05, 4.69) is 4.98 Å². The normalized spacial score (nSPS) is 11.2. The van der Waals surface area contributed by atoms with Crippen molar-refractivity contribution >= 4 is 21.6 Å². The third-order valence-corrected chi connectivity index (χ3v) is 2.29. The minimum absolute atomic E-state index is 0.681. The molecule has 9 heteroatoms. The highest BCUT2D eigenvalue weighted by Gasteiger charge is 2.23. The van der Waals surface area contributed by atoms with E-state index < -0.39 is 31.4 Å². The summed E-state index contributed by atoms with van der Waals surface area (Å²) in [5, 5.41) is 10.3. The van der Waals surface area contributed by atoms with Crippen LogP contribution in [0.2, 0.25) is 0 Å². The number of rotatable bonds is 2. The summed E-state index contributed by atoms with van der Waals surface area (Å²) in [5.41, 5.74) is 4.45. The number of nitrogens with two attached hydrogens (primary N) is 1. The van der Waals surface area contributed by atoms with Crippen molar-refractivity contribution in [3.8, 4) is 0 Å². The van der Waals surface area contributed by atoms with Crippen molar-refractivity contribution in [2.75, 3.05) is 5.73 Å². The monoisotopic (exact) mass is 219 g/mol. The van der Waals surface area contributed by atoms with Crippen LogP contribution in [0.5, 0.6) is 0 Å². The van der Waals surface area contributed by atoms with Crippen molar-refractivity contribution < 1.29 is 17.9 Å². The van der Waals surface area contributed by atoms with E-state index in [0.717, 1.165) is 12.3 Å². The highest BCUT2D eigenvalue weighted by atomic mass is 32.2. The van der Waals surface area contributed by atoms with Gasteiger partial charge in [0.1, 0.15) is 11.1 Å². The molecule has 1 heterocycles. The summed E-state index contributed by atoms with van der Waals surface area (Å²) in [6.07, 6.45) is 0.873. The molecule has 0 saturated carbocycles. The van der Waals surface area contributed by atoms with Gasteiger partial charge in [0.05, 0.1) is 0 Å². The summed E-state index contributed by atoms with van der Waals surface area (Å²) in [6, 6.07) is 0.873. The Balaban J connectivity index is 3.51. The summed E-state index contributed by atoms with van der Waals surface area (Å²) in [6.45, 7) is 0. The molecule has 0 amide bonds. The van der Waals surface area contributed by atoms with E-state index in [0.29, 0.717) is 0 Å². The molecule has 0 aromatic carbocycles. The Labute approximate surface area is 78.3 Å². The fourth-order valence-electron chi connectivity index (χ4n) is 0.816. The number of nitro groups is 1. The van der Waals surface area contributed by atoms with Crippen LogP contribution in [0.3, 0.4) is 0 Å². The smallest absolute Gasteiger partial charge is 0.388 e. The van der Waals surface area contributed by atoms with E-state index in [1.807, 2.05) is 0 Å². The average molecular weight is 219 g/mol. The number of nitrogen functional groups attached to an aromatic ring is 1. The van der Waals surface area contributed by atoms with Crippen LogP contribution in [0.15, 0.2) is 17.2 Å². The first-order valence-electron chi connectivity index (χ1n) is 3.20. The third kappa shape index (κ3) is 1.78. The van der Waals surface area contributed by atoms with E-state index in [-0.39, 0.29) is 0 Å². The Morgan fingerprint density at radius 3 is 2.57 bits per heavy atom. The van der Waals surface area contributed by atoms with Gasteiger partial charge in [0, 0.05) is 6.07 Å². The Morgan fingerprint density at radius 2 is 2.14 bits per heavy atom. The van der Waals surface area contributed by atoms with Crippen molar-refractivity contribution in [2.24, 2.45) is 0 Å². The Hall–Kier alpha value is -1.74. The Morgan fingerprint density at radius 1 is 1.57 bits per heavy atom. The van der Waals surface area contributed by atoms with Crippen molar-refractivity contribution in [1.82, 2.24) is 4.98 Å². The zero-order valence-corrected chi connectivity index (χ0v) is 7.43. The molecule has 14 heavy (non-hydrogen) atoms. The maximum Gasteiger partial charge on any atom is 0.388 e. The fraction of sp³-hybridized carbons (Fsp3) is 0. The lowest BCUT2D eigenvalue weighted by Crippen LogP contribution is -2.07. The van der Waals surface area contributed by atoms with Crippen LogP contribution in [0.1, 0.15) is 0 Å². The molecule has 0 atom stereocenters. The van der Waals surface area contributed by atoms with E-state index >= 15 is 0 Å². The molecule has 3 N–H and O–H groups in total. The third-order valence-electron chi connectivity index (χ3n) is 1.38. The number of nitrogens with zero attached hydrogens (tertiary/aromatic N) is 2. The van der Waals surface area contributed by atoms with Gasteiger partial charge in [-0.1, -0.05) is 0 Å². The molecule has 0 saturated heterocycles. The largest absolute Gasteiger partial charge is 0.391 e. The van der Waals surface area contributed by atoms with Crippen LogP contribution in [0.25, 0.3) is 0 Å². The summed E-state index contributed by atoms with van der Waals surface area (Å²) in [5.74, 6) is -0.805. The zero-order chi connectivity index (χ0) is 10.9. The molecule has 0 aliphatic rings. The molecule has 0 unspecified atom stereocenters. The van der Waals surface area contributed by atoms with Crippen LogP contribution >= 0.6 is 0 Å². The van der Waals surface area contributed by atoms with Crippen molar-refractivity contribution in [1.29, 1.82) is 0 Å². The minimum atomic E-state index is -4.56. The van der Waals surface area contributed by atoms with Gasteiger partial charge in [-0.05, 0) is 9.91 Å². The maximum atomic E-state index is 10.7. The number of hydrogen-bond acceptors (Lipinski definition) is 6. The summed E-state index contributed by atoms with van der Waals surface area (Å²) < 4.78 is 29.9. The average Bonchev–Trinajstić information content (AvgIpc) is 2.01. The predicted molar refractivity (Wildman–Crippen MR) is 45.1 cm³/mol. The van der Waals surface area contributed by atoms with Crippen molar-refractivity contribution in [3.63, 3.8) is 0 Å². The number of aromatic nitrogens is 1.